The van der Waals surface area contributed by atoms with E-state index in [2.05, 4.69) is 4.98 Å². The Morgan fingerprint density at radius 3 is 2.79 bits per heavy atom. The van der Waals surface area contributed by atoms with Crippen LogP contribution in [0.3, 0.4) is 0 Å². The summed E-state index contributed by atoms with van der Waals surface area (Å²) in [6.45, 7) is 2.46. The maximum atomic E-state index is 5.38. The van der Waals surface area contributed by atoms with E-state index in [-0.39, 0.29) is 0 Å². The summed E-state index contributed by atoms with van der Waals surface area (Å²) in [5.74, 6) is 0.731. The number of rotatable bonds is 3. The fourth-order valence-electron chi connectivity index (χ4n) is 1.18. The van der Waals surface area contributed by atoms with E-state index in [4.69, 9.17) is 9.15 Å². The Hall–Kier alpha value is -1.77. The van der Waals surface area contributed by atoms with E-state index in [0.717, 1.165) is 11.3 Å². The third-order valence-corrected chi connectivity index (χ3v) is 1.81. The summed E-state index contributed by atoms with van der Waals surface area (Å²) in [7, 11) is 0. The average molecular weight is 189 g/mol. The summed E-state index contributed by atoms with van der Waals surface area (Å²) in [5, 5.41) is 0. The summed E-state index contributed by atoms with van der Waals surface area (Å²) in [6, 6.07) is 9.81. The molecule has 0 amide bonds. The molecule has 0 aliphatic rings. The highest BCUT2D eigenvalue weighted by Gasteiger charge is 2.05. The fourth-order valence-corrected chi connectivity index (χ4v) is 1.18. The lowest BCUT2D eigenvalue weighted by molar-refractivity contribution is 0.247. The number of nitrogens with zero attached hydrogens (tertiary/aromatic N) is 1. The first-order valence-electron chi connectivity index (χ1n) is 4.54. The molecule has 1 aromatic carbocycles. The van der Waals surface area contributed by atoms with Gasteiger partial charge in [0.2, 0.25) is 0 Å². The molecule has 14 heavy (non-hydrogen) atoms. The molecule has 0 N–H and O–H groups in total. The molecule has 0 spiro atoms. The first kappa shape index (κ1) is 8.81. The van der Waals surface area contributed by atoms with Crippen molar-refractivity contribution < 1.29 is 9.15 Å². The van der Waals surface area contributed by atoms with Gasteiger partial charge in [-0.15, -0.1) is 0 Å². The van der Waals surface area contributed by atoms with Gasteiger partial charge in [-0.25, -0.2) is 0 Å². The highest BCUT2D eigenvalue weighted by atomic mass is 16.6. The Labute approximate surface area is 82.3 Å². The lowest BCUT2D eigenvalue weighted by Crippen LogP contribution is -1.89. The highest BCUT2D eigenvalue weighted by molar-refractivity contribution is 5.55. The Kier molecular flexibility index (Phi) is 2.49. The quantitative estimate of drug-likeness (QED) is 0.744. The van der Waals surface area contributed by atoms with Crippen LogP contribution in [0.1, 0.15) is 6.92 Å². The van der Waals surface area contributed by atoms with Crippen LogP contribution >= 0.6 is 0 Å². The standard InChI is InChI=1S/C11H11NO2/c1-2-13-11-12-8-10(14-11)9-6-4-3-5-7-9/h3-8H,2H2,1H3. The Bertz CT molecular complexity index is 395. The zero-order valence-corrected chi connectivity index (χ0v) is 7.93. The molecule has 0 aliphatic carbocycles. The molecule has 1 aromatic heterocycles. The Morgan fingerprint density at radius 2 is 2.07 bits per heavy atom. The van der Waals surface area contributed by atoms with Gasteiger partial charge in [0.05, 0.1) is 12.8 Å². The van der Waals surface area contributed by atoms with Gasteiger partial charge >= 0.3 is 6.08 Å². The van der Waals surface area contributed by atoms with Crippen LogP contribution in [-0.2, 0) is 0 Å². The van der Waals surface area contributed by atoms with E-state index in [9.17, 15) is 0 Å². The van der Waals surface area contributed by atoms with E-state index in [1.165, 1.54) is 0 Å². The second kappa shape index (κ2) is 3.96. The predicted octanol–water partition coefficient (Wildman–Crippen LogP) is 2.74. The fraction of sp³-hybridized carbons (Fsp3) is 0.182. The maximum absolute atomic E-state index is 5.38. The summed E-state index contributed by atoms with van der Waals surface area (Å²) < 4.78 is 10.5. The van der Waals surface area contributed by atoms with Crippen molar-refractivity contribution >= 4 is 0 Å². The zero-order valence-electron chi connectivity index (χ0n) is 7.93. The van der Waals surface area contributed by atoms with E-state index >= 15 is 0 Å². The molecule has 0 fully saturated rings. The zero-order chi connectivity index (χ0) is 9.80. The molecule has 0 saturated carbocycles. The number of benzene rings is 1. The van der Waals surface area contributed by atoms with Gasteiger partial charge in [-0.2, -0.15) is 4.98 Å². The number of hydrogen-bond donors (Lipinski definition) is 0. The monoisotopic (exact) mass is 189 g/mol. The molecule has 3 nitrogen and oxygen atoms in total. The van der Waals surface area contributed by atoms with Crippen LogP contribution in [-0.4, -0.2) is 11.6 Å². The molecule has 0 atom stereocenters. The molecule has 72 valence electrons. The van der Waals surface area contributed by atoms with Gasteiger partial charge in [-0.05, 0) is 6.92 Å². The van der Waals surface area contributed by atoms with Crippen molar-refractivity contribution in [1.29, 1.82) is 0 Å². The van der Waals surface area contributed by atoms with Gasteiger partial charge in [-0.1, -0.05) is 30.3 Å². The second-order valence-corrected chi connectivity index (χ2v) is 2.79. The summed E-state index contributed by atoms with van der Waals surface area (Å²) >= 11 is 0. The van der Waals surface area contributed by atoms with Gasteiger partial charge in [0.25, 0.3) is 0 Å². The van der Waals surface area contributed by atoms with Crippen LogP contribution in [0, 0.1) is 0 Å². The normalized spacial score (nSPS) is 10.1. The van der Waals surface area contributed by atoms with Gasteiger partial charge in [0.15, 0.2) is 5.76 Å². The molecule has 3 heteroatoms. The summed E-state index contributed by atoms with van der Waals surface area (Å²) in [5.41, 5.74) is 1.01. The SMILES string of the molecule is CCOc1ncc(-c2ccccc2)o1. The van der Waals surface area contributed by atoms with Crippen molar-refractivity contribution in [2.45, 2.75) is 6.92 Å². The average Bonchev–Trinajstić information content (AvgIpc) is 2.68. The topological polar surface area (TPSA) is 35.3 Å². The maximum Gasteiger partial charge on any atom is 0.394 e. The second-order valence-electron chi connectivity index (χ2n) is 2.79. The molecular formula is C11H11NO2. The number of aromatic nitrogens is 1. The molecule has 2 rings (SSSR count). The highest BCUT2D eigenvalue weighted by Crippen LogP contribution is 2.22. The summed E-state index contributed by atoms with van der Waals surface area (Å²) in [6.07, 6.45) is 1.99. The van der Waals surface area contributed by atoms with Crippen molar-refractivity contribution in [3.8, 4) is 17.4 Å². The van der Waals surface area contributed by atoms with Crippen molar-refractivity contribution in [1.82, 2.24) is 4.98 Å². The number of hydrogen-bond acceptors (Lipinski definition) is 3. The van der Waals surface area contributed by atoms with Gasteiger partial charge in [-0.3, -0.25) is 0 Å². The molecule has 1 heterocycles. The first-order valence-corrected chi connectivity index (χ1v) is 4.54. The van der Waals surface area contributed by atoms with Gasteiger partial charge < -0.3 is 9.15 Å². The molecule has 0 radical (unpaired) electrons. The third-order valence-electron chi connectivity index (χ3n) is 1.81. The molecule has 2 aromatic rings. The van der Waals surface area contributed by atoms with Crippen molar-refractivity contribution in [2.75, 3.05) is 6.61 Å². The van der Waals surface area contributed by atoms with Crippen molar-refractivity contribution in [2.24, 2.45) is 0 Å². The minimum absolute atomic E-state index is 0.325. The van der Waals surface area contributed by atoms with E-state index in [1.807, 2.05) is 37.3 Å². The lowest BCUT2D eigenvalue weighted by atomic mass is 10.2. The first-order chi connectivity index (χ1) is 6.90. The molecular weight excluding hydrogens is 178 g/mol. The molecule has 0 saturated heterocycles. The largest absolute Gasteiger partial charge is 0.450 e. The van der Waals surface area contributed by atoms with E-state index < -0.39 is 0 Å². The van der Waals surface area contributed by atoms with Crippen LogP contribution in [0.25, 0.3) is 11.3 Å². The van der Waals surface area contributed by atoms with E-state index in [0.29, 0.717) is 12.7 Å². The molecule has 0 aliphatic heterocycles. The minimum atomic E-state index is 0.325. The van der Waals surface area contributed by atoms with Gasteiger partial charge in [0, 0.05) is 5.56 Å². The van der Waals surface area contributed by atoms with Crippen LogP contribution in [0.15, 0.2) is 40.9 Å². The van der Waals surface area contributed by atoms with Crippen molar-refractivity contribution in [3.63, 3.8) is 0 Å². The van der Waals surface area contributed by atoms with Crippen LogP contribution in [0.5, 0.6) is 6.08 Å². The number of oxazole rings is 1. The van der Waals surface area contributed by atoms with Gasteiger partial charge in [0.1, 0.15) is 0 Å². The van der Waals surface area contributed by atoms with Crippen LogP contribution in [0.4, 0.5) is 0 Å². The van der Waals surface area contributed by atoms with E-state index in [1.54, 1.807) is 6.20 Å². The van der Waals surface area contributed by atoms with Crippen molar-refractivity contribution in [3.05, 3.63) is 36.5 Å². The summed E-state index contributed by atoms with van der Waals surface area (Å²) in [4.78, 5) is 3.99. The number of ether oxygens (including phenoxy) is 1. The Morgan fingerprint density at radius 1 is 1.29 bits per heavy atom. The van der Waals surface area contributed by atoms with Crippen LogP contribution < -0.4 is 4.74 Å². The Balaban J connectivity index is 2.25. The molecule has 0 unspecified atom stereocenters. The predicted molar refractivity (Wildman–Crippen MR) is 53.1 cm³/mol. The smallest absolute Gasteiger partial charge is 0.394 e. The third kappa shape index (κ3) is 1.76. The molecule has 0 bridgehead atoms. The minimum Gasteiger partial charge on any atom is -0.450 e. The van der Waals surface area contributed by atoms with Crippen LogP contribution in [0.2, 0.25) is 0 Å². The lowest BCUT2D eigenvalue weighted by Gasteiger charge is -1.95.